The van der Waals surface area contributed by atoms with Gasteiger partial charge in [-0.25, -0.2) is 0 Å². The topological polar surface area (TPSA) is 87.1 Å². The maximum Gasteiger partial charge on any atom is 0.295 e. The molecule has 2 N–H and O–H groups in total. The molecule has 0 saturated carbocycles. The Kier molecular flexibility index (Phi) is 7.23. The van der Waals surface area contributed by atoms with E-state index in [0.717, 1.165) is 8.95 Å². The van der Waals surface area contributed by atoms with E-state index in [4.69, 9.17) is 9.84 Å². The summed E-state index contributed by atoms with van der Waals surface area (Å²) in [4.78, 5) is 27.0. The van der Waals surface area contributed by atoms with Crippen molar-refractivity contribution in [1.82, 2.24) is 4.90 Å². The minimum atomic E-state index is -0.742. The fourth-order valence-electron chi connectivity index (χ4n) is 3.23. The summed E-state index contributed by atoms with van der Waals surface area (Å²) >= 11 is 6.76. The molecule has 29 heavy (non-hydrogen) atoms. The fraction of sp³-hybridized carbons (Fsp3) is 0.238. The number of amides is 1. The SMILES string of the molecule is O=C1C(=O)N(CCOCCO)C(c2cccc(Br)c2)C1=C(O)c1ccc(Br)cc1. The van der Waals surface area contributed by atoms with Crippen LogP contribution in [0.5, 0.6) is 0 Å². The van der Waals surface area contributed by atoms with E-state index in [1.54, 1.807) is 36.4 Å². The van der Waals surface area contributed by atoms with E-state index in [9.17, 15) is 14.7 Å². The Labute approximate surface area is 185 Å². The van der Waals surface area contributed by atoms with E-state index in [1.165, 1.54) is 4.90 Å². The summed E-state index contributed by atoms with van der Waals surface area (Å²) in [5, 5.41) is 19.8. The van der Waals surface area contributed by atoms with Crippen LogP contribution in [0.2, 0.25) is 0 Å². The van der Waals surface area contributed by atoms with Crippen molar-refractivity contribution in [2.45, 2.75) is 6.04 Å². The van der Waals surface area contributed by atoms with Crippen LogP contribution in [0.1, 0.15) is 17.2 Å². The van der Waals surface area contributed by atoms with Gasteiger partial charge in [-0.05, 0) is 29.8 Å². The minimum absolute atomic E-state index is 0.0394. The first kappa shape index (κ1) is 21.7. The number of ketones is 1. The molecule has 1 amide bonds. The standard InChI is InChI=1S/C21H19Br2NO5/c22-15-6-4-13(5-7-15)19(26)17-18(14-2-1-3-16(23)12-14)24(21(28)20(17)27)8-10-29-11-9-25/h1-7,12,18,25-26H,8-11H2. The second-order valence-electron chi connectivity index (χ2n) is 6.39. The minimum Gasteiger partial charge on any atom is -0.507 e. The van der Waals surface area contributed by atoms with Gasteiger partial charge in [-0.1, -0.05) is 56.1 Å². The smallest absolute Gasteiger partial charge is 0.295 e. The van der Waals surface area contributed by atoms with Crippen molar-refractivity contribution in [1.29, 1.82) is 0 Å². The number of Topliss-reactive ketones (excluding diaryl/α,β-unsaturated/α-hetero) is 1. The molecule has 1 aliphatic heterocycles. The molecule has 0 bridgehead atoms. The molecule has 1 saturated heterocycles. The van der Waals surface area contributed by atoms with Crippen molar-refractivity contribution in [3.05, 3.63) is 74.2 Å². The molecule has 1 fully saturated rings. The van der Waals surface area contributed by atoms with Gasteiger partial charge in [-0.3, -0.25) is 9.59 Å². The molecule has 1 aliphatic rings. The van der Waals surface area contributed by atoms with Crippen LogP contribution >= 0.6 is 31.9 Å². The molecule has 2 aromatic carbocycles. The van der Waals surface area contributed by atoms with Crippen molar-refractivity contribution < 1.29 is 24.5 Å². The number of likely N-dealkylation sites (tertiary alicyclic amines) is 1. The molecule has 8 heteroatoms. The second kappa shape index (κ2) is 9.67. The Hall–Kier alpha value is -2.00. The second-order valence-corrected chi connectivity index (χ2v) is 8.22. The molecule has 0 radical (unpaired) electrons. The number of hydrogen-bond donors (Lipinski definition) is 2. The maximum atomic E-state index is 12.8. The van der Waals surface area contributed by atoms with Crippen molar-refractivity contribution in [2.75, 3.05) is 26.4 Å². The lowest BCUT2D eigenvalue weighted by Gasteiger charge is -2.25. The Bertz CT molecular complexity index is 942. The average molecular weight is 525 g/mol. The van der Waals surface area contributed by atoms with Gasteiger partial charge < -0.3 is 19.8 Å². The lowest BCUT2D eigenvalue weighted by atomic mass is 9.95. The average Bonchev–Trinajstić information content (AvgIpc) is 2.96. The molecule has 1 heterocycles. The zero-order chi connectivity index (χ0) is 21.0. The summed E-state index contributed by atoms with van der Waals surface area (Å²) in [5.41, 5.74) is 1.18. The molecule has 2 aromatic rings. The van der Waals surface area contributed by atoms with Gasteiger partial charge in [0, 0.05) is 21.1 Å². The van der Waals surface area contributed by atoms with Gasteiger partial charge in [0.1, 0.15) is 5.76 Å². The number of aliphatic hydroxyl groups is 2. The third-order valence-electron chi connectivity index (χ3n) is 4.53. The molecular formula is C21H19Br2NO5. The zero-order valence-electron chi connectivity index (χ0n) is 15.3. The van der Waals surface area contributed by atoms with Crippen LogP contribution in [-0.2, 0) is 14.3 Å². The largest absolute Gasteiger partial charge is 0.507 e. The van der Waals surface area contributed by atoms with E-state index in [2.05, 4.69) is 31.9 Å². The van der Waals surface area contributed by atoms with Crippen LogP contribution in [0, 0.1) is 0 Å². The van der Waals surface area contributed by atoms with Gasteiger partial charge in [0.25, 0.3) is 11.7 Å². The number of halogens is 2. The molecule has 6 nitrogen and oxygen atoms in total. The summed E-state index contributed by atoms with van der Waals surface area (Å²) in [5.74, 6) is -1.65. The Balaban J connectivity index is 2.07. The fourth-order valence-corrected chi connectivity index (χ4v) is 3.91. The van der Waals surface area contributed by atoms with Gasteiger partial charge in [0.15, 0.2) is 0 Å². The number of nitrogens with zero attached hydrogens (tertiary/aromatic N) is 1. The van der Waals surface area contributed by atoms with Gasteiger partial charge in [0.2, 0.25) is 0 Å². The molecular weight excluding hydrogens is 506 g/mol. The van der Waals surface area contributed by atoms with Crippen LogP contribution in [-0.4, -0.2) is 53.2 Å². The van der Waals surface area contributed by atoms with E-state index in [1.807, 2.05) is 12.1 Å². The van der Waals surface area contributed by atoms with Crippen LogP contribution in [0.25, 0.3) is 5.76 Å². The number of benzene rings is 2. The highest BCUT2D eigenvalue weighted by atomic mass is 79.9. The number of carbonyl (C=O) groups excluding carboxylic acids is 2. The molecule has 1 unspecified atom stereocenters. The molecule has 0 spiro atoms. The summed E-state index contributed by atoms with van der Waals surface area (Å²) < 4.78 is 6.91. The summed E-state index contributed by atoms with van der Waals surface area (Å²) in [6, 6.07) is 13.4. The van der Waals surface area contributed by atoms with E-state index in [-0.39, 0.29) is 37.7 Å². The number of aliphatic hydroxyl groups excluding tert-OH is 2. The Morgan fingerprint density at radius 3 is 2.41 bits per heavy atom. The zero-order valence-corrected chi connectivity index (χ0v) is 18.5. The number of carbonyl (C=O) groups is 2. The first-order valence-electron chi connectivity index (χ1n) is 8.92. The molecule has 0 aliphatic carbocycles. The quantitative estimate of drug-likeness (QED) is 0.250. The van der Waals surface area contributed by atoms with E-state index < -0.39 is 17.7 Å². The van der Waals surface area contributed by atoms with Crippen molar-refractivity contribution >= 4 is 49.3 Å². The lowest BCUT2D eigenvalue weighted by Crippen LogP contribution is -2.33. The van der Waals surface area contributed by atoms with Crippen LogP contribution in [0.3, 0.4) is 0 Å². The number of rotatable bonds is 7. The predicted molar refractivity (Wildman–Crippen MR) is 115 cm³/mol. The van der Waals surface area contributed by atoms with Crippen LogP contribution in [0.15, 0.2) is 63.0 Å². The Morgan fingerprint density at radius 1 is 1.03 bits per heavy atom. The first-order chi connectivity index (χ1) is 13.9. The first-order valence-corrected chi connectivity index (χ1v) is 10.5. The molecule has 3 rings (SSSR count). The molecule has 0 aromatic heterocycles. The highest BCUT2D eigenvalue weighted by molar-refractivity contribution is 9.10. The van der Waals surface area contributed by atoms with E-state index >= 15 is 0 Å². The van der Waals surface area contributed by atoms with Crippen molar-refractivity contribution in [3.8, 4) is 0 Å². The highest BCUT2D eigenvalue weighted by Gasteiger charge is 2.45. The van der Waals surface area contributed by atoms with Gasteiger partial charge >= 0.3 is 0 Å². The van der Waals surface area contributed by atoms with Gasteiger partial charge in [0.05, 0.1) is 31.4 Å². The number of ether oxygens (including phenoxy) is 1. The normalized spacial score (nSPS) is 18.4. The highest BCUT2D eigenvalue weighted by Crippen LogP contribution is 2.39. The van der Waals surface area contributed by atoms with E-state index in [0.29, 0.717) is 11.1 Å². The Morgan fingerprint density at radius 2 is 1.76 bits per heavy atom. The molecule has 1 atom stereocenters. The summed E-state index contributed by atoms with van der Waals surface area (Å²) in [6.07, 6.45) is 0. The van der Waals surface area contributed by atoms with Gasteiger partial charge in [-0.15, -0.1) is 0 Å². The number of hydrogen-bond acceptors (Lipinski definition) is 5. The monoisotopic (exact) mass is 523 g/mol. The van der Waals surface area contributed by atoms with Gasteiger partial charge in [-0.2, -0.15) is 0 Å². The maximum absolute atomic E-state index is 12.8. The van der Waals surface area contributed by atoms with Crippen LogP contribution in [0.4, 0.5) is 0 Å². The predicted octanol–water partition coefficient (Wildman–Crippen LogP) is 3.64. The lowest BCUT2D eigenvalue weighted by molar-refractivity contribution is -0.140. The van der Waals surface area contributed by atoms with Crippen molar-refractivity contribution in [2.24, 2.45) is 0 Å². The van der Waals surface area contributed by atoms with Crippen molar-refractivity contribution in [3.63, 3.8) is 0 Å². The molecule has 152 valence electrons. The summed E-state index contributed by atoms with van der Waals surface area (Å²) in [7, 11) is 0. The summed E-state index contributed by atoms with van der Waals surface area (Å²) in [6.45, 7) is 0.330. The third kappa shape index (κ3) is 4.78. The third-order valence-corrected chi connectivity index (χ3v) is 5.56. The van der Waals surface area contributed by atoms with Crippen LogP contribution < -0.4 is 0 Å².